The van der Waals surface area contributed by atoms with Crippen LogP contribution >= 0.6 is 11.3 Å². The molecule has 0 radical (unpaired) electrons. The molecule has 0 aliphatic rings. The number of nitrogens with one attached hydrogen (secondary N) is 1. The number of nitrogens with zero attached hydrogens (tertiary/aromatic N) is 3. The van der Waals surface area contributed by atoms with Gasteiger partial charge in [-0.1, -0.05) is 0 Å². The van der Waals surface area contributed by atoms with Crippen molar-refractivity contribution in [2.24, 2.45) is 7.05 Å². The third-order valence-electron chi connectivity index (χ3n) is 3.42. The SMILES string of the molecule is CCOc1ccc(-c2csc(NC(=O)c3cn(C)nc3OC)n2)cc1. The lowest BCUT2D eigenvalue weighted by Gasteiger charge is -2.03. The third-order valence-corrected chi connectivity index (χ3v) is 4.18. The second kappa shape index (κ2) is 7.35. The van der Waals surface area contributed by atoms with Gasteiger partial charge in [0.2, 0.25) is 5.88 Å². The molecule has 0 aliphatic heterocycles. The van der Waals surface area contributed by atoms with Crippen LogP contribution in [-0.2, 0) is 7.05 Å². The summed E-state index contributed by atoms with van der Waals surface area (Å²) in [6, 6.07) is 7.68. The first-order chi connectivity index (χ1) is 12.1. The van der Waals surface area contributed by atoms with E-state index in [0.29, 0.717) is 17.3 Å². The van der Waals surface area contributed by atoms with E-state index < -0.39 is 0 Å². The molecule has 0 saturated heterocycles. The van der Waals surface area contributed by atoms with Crippen LogP contribution in [0.5, 0.6) is 11.6 Å². The molecule has 2 heterocycles. The monoisotopic (exact) mass is 358 g/mol. The number of rotatable bonds is 6. The van der Waals surface area contributed by atoms with Gasteiger partial charge < -0.3 is 9.47 Å². The Kier molecular flexibility index (Phi) is 4.99. The normalized spacial score (nSPS) is 10.5. The Morgan fingerprint density at radius 2 is 2.08 bits per heavy atom. The number of benzene rings is 1. The summed E-state index contributed by atoms with van der Waals surface area (Å²) in [6.07, 6.45) is 1.61. The molecule has 2 aromatic heterocycles. The van der Waals surface area contributed by atoms with E-state index in [1.54, 1.807) is 13.2 Å². The zero-order valence-electron chi connectivity index (χ0n) is 14.1. The molecular formula is C17H18N4O3S. The molecule has 0 fully saturated rings. The first-order valence-electron chi connectivity index (χ1n) is 7.68. The van der Waals surface area contributed by atoms with Gasteiger partial charge in [-0.05, 0) is 31.2 Å². The number of amides is 1. The van der Waals surface area contributed by atoms with Crippen LogP contribution in [0.2, 0.25) is 0 Å². The van der Waals surface area contributed by atoms with E-state index in [1.807, 2.05) is 36.6 Å². The Hall–Kier alpha value is -2.87. The molecule has 0 saturated carbocycles. The average molecular weight is 358 g/mol. The molecule has 7 nitrogen and oxygen atoms in total. The highest BCUT2D eigenvalue weighted by Gasteiger charge is 2.17. The Morgan fingerprint density at radius 3 is 2.76 bits per heavy atom. The minimum Gasteiger partial charge on any atom is -0.494 e. The molecule has 3 aromatic rings. The number of anilines is 1. The van der Waals surface area contributed by atoms with Crippen LogP contribution in [0.3, 0.4) is 0 Å². The molecule has 1 N–H and O–H groups in total. The van der Waals surface area contributed by atoms with Crippen molar-refractivity contribution in [1.29, 1.82) is 0 Å². The molecule has 0 bridgehead atoms. The topological polar surface area (TPSA) is 78.3 Å². The molecule has 0 atom stereocenters. The molecule has 1 amide bonds. The maximum atomic E-state index is 12.4. The number of aryl methyl sites for hydroxylation is 1. The van der Waals surface area contributed by atoms with Gasteiger partial charge in [-0.3, -0.25) is 14.8 Å². The fraction of sp³-hybridized carbons (Fsp3) is 0.235. The van der Waals surface area contributed by atoms with Gasteiger partial charge in [0.1, 0.15) is 11.3 Å². The van der Waals surface area contributed by atoms with Gasteiger partial charge in [-0.15, -0.1) is 16.4 Å². The predicted octanol–water partition coefficient (Wildman–Crippen LogP) is 3.20. The van der Waals surface area contributed by atoms with E-state index in [2.05, 4.69) is 15.4 Å². The fourth-order valence-electron chi connectivity index (χ4n) is 2.29. The molecule has 25 heavy (non-hydrogen) atoms. The fourth-order valence-corrected chi connectivity index (χ4v) is 3.01. The van der Waals surface area contributed by atoms with Gasteiger partial charge in [-0.2, -0.15) is 0 Å². The Labute approximate surface area is 149 Å². The Balaban J connectivity index is 1.74. The summed E-state index contributed by atoms with van der Waals surface area (Å²) < 4.78 is 12.1. The highest BCUT2D eigenvalue weighted by molar-refractivity contribution is 7.14. The maximum absolute atomic E-state index is 12.4. The number of carbonyl (C=O) groups is 1. The number of methoxy groups -OCH3 is 1. The van der Waals surface area contributed by atoms with Crippen LogP contribution in [0.15, 0.2) is 35.8 Å². The predicted molar refractivity (Wildman–Crippen MR) is 96.4 cm³/mol. The van der Waals surface area contributed by atoms with Crippen molar-refractivity contribution >= 4 is 22.4 Å². The molecule has 1 aromatic carbocycles. The first kappa shape index (κ1) is 17.0. The average Bonchev–Trinajstić information content (AvgIpc) is 3.22. The highest BCUT2D eigenvalue weighted by Crippen LogP contribution is 2.27. The maximum Gasteiger partial charge on any atom is 0.264 e. The summed E-state index contributed by atoms with van der Waals surface area (Å²) >= 11 is 1.36. The summed E-state index contributed by atoms with van der Waals surface area (Å²) in [5, 5.41) is 9.26. The molecule has 8 heteroatoms. The van der Waals surface area contributed by atoms with Crippen LogP contribution in [0.1, 0.15) is 17.3 Å². The first-order valence-corrected chi connectivity index (χ1v) is 8.56. The van der Waals surface area contributed by atoms with Crippen molar-refractivity contribution < 1.29 is 14.3 Å². The molecule has 0 unspecified atom stereocenters. The van der Waals surface area contributed by atoms with E-state index in [9.17, 15) is 4.79 Å². The van der Waals surface area contributed by atoms with Crippen molar-refractivity contribution in [3.05, 3.63) is 41.4 Å². The summed E-state index contributed by atoms with van der Waals surface area (Å²) in [6.45, 7) is 2.57. The van der Waals surface area contributed by atoms with Crippen LogP contribution in [-0.4, -0.2) is 34.4 Å². The lowest BCUT2D eigenvalue weighted by Crippen LogP contribution is -2.12. The largest absolute Gasteiger partial charge is 0.494 e. The number of thiazole rings is 1. The lowest BCUT2D eigenvalue weighted by atomic mass is 10.2. The highest BCUT2D eigenvalue weighted by atomic mass is 32.1. The second-order valence-corrected chi connectivity index (χ2v) is 6.03. The smallest absolute Gasteiger partial charge is 0.264 e. The van der Waals surface area contributed by atoms with Gasteiger partial charge in [0.25, 0.3) is 5.91 Å². The zero-order valence-corrected chi connectivity index (χ0v) is 15.0. The van der Waals surface area contributed by atoms with E-state index in [4.69, 9.17) is 9.47 Å². The van der Waals surface area contributed by atoms with Crippen LogP contribution in [0.25, 0.3) is 11.3 Å². The van der Waals surface area contributed by atoms with E-state index >= 15 is 0 Å². The summed E-state index contributed by atoms with van der Waals surface area (Å²) in [4.78, 5) is 16.8. The lowest BCUT2D eigenvalue weighted by molar-refractivity contribution is 0.102. The van der Waals surface area contributed by atoms with Gasteiger partial charge >= 0.3 is 0 Å². The standard InChI is InChI=1S/C17H18N4O3S/c1-4-24-12-7-5-11(6-8-12)14-10-25-17(18-14)19-15(22)13-9-21(2)20-16(13)23-3/h5-10H,4H2,1-3H3,(H,18,19,22). The number of ether oxygens (including phenoxy) is 2. The summed E-state index contributed by atoms with van der Waals surface area (Å²) in [5.41, 5.74) is 2.11. The van der Waals surface area contributed by atoms with Gasteiger partial charge in [0.15, 0.2) is 5.13 Å². The number of carbonyl (C=O) groups excluding carboxylic acids is 1. The van der Waals surface area contributed by atoms with Crippen LogP contribution < -0.4 is 14.8 Å². The van der Waals surface area contributed by atoms with Crippen molar-refractivity contribution in [1.82, 2.24) is 14.8 Å². The minimum atomic E-state index is -0.308. The van der Waals surface area contributed by atoms with Gasteiger partial charge in [0, 0.05) is 24.2 Å². The van der Waals surface area contributed by atoms with Crippen molar-refractivity contribution in [2.75, 3.05) is 19.0 Å². The van der Waals surface area contributed by atoms with Crippen LogP contribution in [0.4, 0.5) is 5.13 Å². The van der Waals surface area contributed by atoms with Crippen LogP contribution in [0, 0.1) is 0 Å². The third kappa shape index (κ3) is 3.80. The van der Waals surface area contributed by atoms with E-state index in [1.165, 1.54) is 23.1 Å². The minimum absolute atomic E-state index is 0.281. The number of hydrogen-bond donors (Lipinski definition) is 1. The zero-order chi connectivity index (χ0) is 17.8. The van der Waals surface area contributed by atoms with Crippen molar-refractivity contribution in [3.8, 4) is 22.9 Å². The van der Waals surface area contributed by atoms with Crippen molar-refractivity contribution in [2.45, 2.75) is 6.92 Å². The Bertz CT molecular complexity index is 870. The summed E-state index contributed by atoms with van der Waals surface area (Å²) in [5.74, 6) is 0.791. The molecule has 0 spiro atoms. The van der Waals surface area contributed by atoms with E-state index in [-0.39, 0.29) is 11.8 Å². The van der Waals surface area contributed by atoms with Gasteiger partial charge in [0.05, 0.1) is 19.4 Å². The molecule has 130 valence electrons. The molecular weight excluding hydrogens is 340 g/mol. The van der Waals surface area contributed by atoms with Gasteiger partial charge in [-0.25, -0.2) is 4.98 Å². The number of hydrogen-bond acceptors (Lipinski definition) is 6. The van der Waals surface area contributed by atoms with E-state index in [0.717, 1.165) is 17.0 Å². The second-order valence-electron chi connectivity index (χ2n) is 5.18. The molecule has 3 rings (SSSR count). The molecule has 0 aliphatic carbocycles. The Morgan fingerprint density at radius 1 is 1.32 bits per heavy atom. The quantitative estimate of drug-likeness (QED) is 0.732. The summed E-state index contributed by atoms with van der Waals surface area (Å²) in [7, 11) is 3.21. The van der Waals surface area contributed by atoms with Crippen molar-refractivity contribution in [3.63, 3.8) is 0 Å². The number of aromatic nitrogens is 3.